The monoisotopic (exact) mass is 263 g/mol. The Morgan fingerprint density at radius 1 is 1.00 bits per heavy atom. The molecule has 0 atom stereocenters. The third-order valence-corrected chi connectivity index (χ3v) is 3.23. The van der Waals surface area contributed by atoms with Gasteiger partial charge in [-0.25, -0.2) is 4.79 Å². The molecule has 0 aliphatic carbocycles. The van der Waals surface area contributed by atoms with Gasteiger partial charge in [-0.05, 0) is 35.0 Å². The van der Waals surface area contributed by atoms with Gasteiger partial charge in [-0.15, -0.1) is 0 Å². The van der Waals surface area contributed by atoms with Crippen molar-refractivity contribution in [2.75, 3.05) is 7.11 Å². The number of carbonyl (C=O) groups is 1. The van der Waals surface area contributed by atoms with Crippen molar-refractivity contribution in [3.05, 3.63) is 66.4 Å². The average Bonchev–Trinajstić information content (AvgIpc) is 2.53. The van der Waals surface area contributed by atoms with Gasteiger partial charge in [0.2, 0.25) is 0 Å². The van der Waals surface area contributed by atoms with Crippen LogP contribution in [0.2, 0.25) is 0 Å². The highest BCUT2D eigenvalue weighted by atomic mass is 16.5. The number of ether oxygens (including phenoxy) is 1. The SMILES string of the molecule is COC(=O)c1cc2ccccc2cc1-c1ccccn1. The summed E-state index contributed by atoms with van der Waals surface area (Å²) in [5.41, 5.74) is 2.08. The number of pyridine rings is 1. The molecule has 3 heteroatoms. The molecule has 0 aliphatic heterocycles. The maximum absolute atomic E-state index is 12.0. The summed E-state index contributed by atoms with van der Waals surface area (Å²) in [5, 5.41) is 2.08. The maximum atomic E-state index is 12.0. The van der Waals surface area contributed by atoms with Crippen molar-refractivity contribution in [3.63, 3.8) is 0 Å². The number of nitrogens with zero attached hydrogens (tertiary/aromatic N) is 1. The van der Waals surface area contributed by atoms with Crippen molar-refractivity contribution in [2.45, 2.75) is 0 Å². The van der Waals surface area contributed by atoms with Crippen LogP contribution in [0.1, 0.15) is 10.4 Å². The fourth-order valence-electron chi connectivity index (χ4n) is 2.25. The molecule has 3 rings (SSSR count). The van der Waals surface area contributed by atoms with E-state index in [9.17, 15) is 4.79 Å². The number of esters is 1. The molecule has 3 aromatic rings. The number of rotatable bonds is 2. The Kier molecular flexibility index (Phi) is 3.17. The highest BCUT2D eigenvalue weighted by molar-refractivity contribution is 6.02. The van der Waals surface area contributed by atoms with E-state index in [0.717, 1.165) is 22.0 Å². The Bertz CT molecular complexity index is 766. The number of benzene rings is 2. The molecular weight excluding hydrogens is 250 g/mol. The Morgan fingerprint density at radius 2 is 1.70 bits per heavy atom. The van der Waals surface area contributed by atoms with Crippen LogP contribution in [-0.2, 0) is 4.74 Å². The van der Waals surface area contributed by atoms with E-state index in [2.05, 4.69) is 4.98 Å². The first-order valence-electron chi connectivity index (χ1n) is 6.32. The molecule has 0 fully saturated rings. The zero-order valence-electron chi connectivity index (χ0n) is 11.0. The van der Waals surface area contributed by atoms with Gasteiger partial charge in [-0.3, -0.25) is 4.98 Å². The first-order chi connectivity index (χ1) is 9.79. The molecule has 0 radical (unpaired) electrons. The second-order valence-electron chi connectivity index (χ2n) is 4.45. The van der Waals surface area contributed by atoms with E-state index in [-0.39, 0.29) is 5.97 Å². The highest BCUT2D eigenvalue weighted by Crippen LogP contribution is 2.28. The summed E-state index contributed by atoms with van der Waals surface area (Å²) in [7, 11) is 1.39. The third kappa shape index (κ3) is 2.14. The molecule has 3 nitrogen and oxygen atoms in total. The summed E-state index contributed by atoms with van der Waals surface area (Å²) in [5.74, 6) is -0.351. The predicted molar refractivity (Wildman–Crippen MR) is 78.5 cm³/mol. The summed E-state index contributed by atoms with van der Waals surface area (Å²) in [6.07, 6.45) is 1.71. The Labute approximate surface area is 116 Å². The maximum Gasteiger partial charge on any atom is 0.338 e. The molecule has 0 saturated carbocycles. The fourth-order valence-corrected chi connectivity index (χ4v) is 2.25. The summed E-state index contributed by atoms with van der Waals surface area (Å²) < 4.78 is 4.88. The summed E-state index contributed by atoms with van der Waals surface area (Å²) in [6, 6.07) is 17.4. The normalized spacial score (nSPS) is 10.4. The number of hydrogen-bond donors (Lipinski definition) is 0. The van der Waals surface area contributed by atoms with Crippen molar-refractivity contribution >= 4 is 16.7 Å². The molecule has 0 aliphatic rings. The van der Waals surface area contributed by atoms with Gasteiger partial charge in [0.15, 0.2) is 0 Å². The minimum Gasteiger partial charge on any atom is -0.465 e. The Morgan fingerprint density at radius 3 is 2.35 bits per heavy atom. The molecule has 0 amide bonds. The van der Waals surface area contributed by atoms with Gasteiger partial charge in [-0.2, -0.15) is 0 Å². The summed E-state index contributed by atoms with van der Waals surface area (Å²) in [6.45, 7) is 0. The van der Waals surface area contributed by atoms with Crippen molar-refractivity contribution in [2.24, 2.45) is 0 Å². The number of fused-ring (bicyclic) bond motifs is 1. The molecule has 0 unspecified atom stereocenters. The van der Waals surface area contributed by atoms with Crippen molar-refractivity contribution < 1.29 is 9.53 Å². The first-order valence-corrected chi connectivity index (χ1v) is 6.32. The van der Waals surface area contributed by atoms with Gasteiger partial charge < -0.3 is 4.74 Å². The van der Waals surface area contributed by atoms with Gasteiger partial charge >= 0.3 is 5.97 Å². The van der Waals surface area contributed by atoms with Crippen LogP contribution in [0.15, 0.2) is 60.8 Å². The predicted octanol–water partition coefficient (Wildman–Crippen LogP) is 3.69. The Hall–Kier alpha value is -2.68. The van der Waals surface area contributed by atoms with Crippen LogP contribution < -0.4 is 0 Å². The molecular formula is C17H13NO2. The molecule has 1 aromatic heterocycles. The van der Waals surface area contributed by atoms with Gasteiger partial charge in [0.1, 0.15) is 0 Å². The molecule has 0 spiro atoms. The van der Waals surface area contributed by atoms with Crippen molar-refractivity contribution in [1.82, 2.24) is 4.98 Å². The average molecular weight is 263 g/mol. The lowest BCUT2D eigenvalue weighted by atomic mass is 9.98. The zero-order chi connectivity index (χ0) is 13.9. The molecule has 0 N–H and O–H groups in total. The van der Waals surface area contributed by atoms with Crippen LogP contribution in [0.4, 0.5) is 0 Å². The van der Waals surface area contributed by atoms with E-state index in [0.29, 0.717) is 5.56 Å². The van der Waals surface area contributed by atoms with Crippen LogP contribution in [0.5, 0.6) is 0 Å². The van der Waals surface area contributed by atoms with E-state index in [4.69, 9.17) is 4.74 Å². The van der Waals surface area contributed by atoms with Crippen molar-refractivity contribution in [3.8, 4) is 11.3 Å². The van der Waals surface area contributed by atoms with Gasteiger partial charge in [0.25, 0.3) is 0 Å². The minimum atomic E-state index is -0.351. The van der Waals surface area contributed by atoms with E-state index >= 15 is 0 Å². The van der Waals surface area contributed by atoms with Crippen molar-refractivity contribution in [1.29, 1.82) is 0 Å². The van der Waals surface area contributed by atoms with E-state index in [1.807, 2.05) is 54.6 Å². The standard InChI is InChI=1S/C17H13NO2/c1-20-17(19)15-11-13-7-3-2-6-12(13)10-14(15)16-8-4-5-9-18-16/h2-11H,1H3. The number of carbonyl (C=O) groups excluding carboxylic acids is 1. The lowest BCUT2D eigenvalue weighted by Crippen LogP contribution is -2.04. The van der Waals surface area contributed by atoms with Crippen LogP contribution >= 0.6 is 0 Å². The molecule has 98 valence electrons. The number of methoxy groups -OCH3 is 1. The molecule has 20 heavy (non-hydrogen) atoms. The van der Waals surface area contributed by atoms with Gasteiger partial charge in [0, 0.05) is 11.8 Å². The number of aromatic nitrogens is 1. The van der Waals surface area contributed by atoms with E-state index in [1.54, 1.807) is 6.20 Å². The molecule has 0 saturated heterocycles. The van der Waals surface area contributed by atoms with Crippen LogP contribution in [0.3, 0.4) is 0 Å². The molecule has 0 bridgehead atoms. The minimum absolute atomic E-state index is 0.351. The topological polar surface area (TPSA) is 39.2 Å². The molecule has 1 heterocycles. The summed E-state index contributed by atoms with van der Waals surface area (Å²) in [4.78, 5) is 16.3. The molecule has 2 aromatic carbocycles. The van der Waals surface area contributed by atoms with E-state index in [1.165, 1.54) is 7.11 Å². The lowest BCUT2D eigenvalue weighted by Gasteiger charge is -2.09. The lowest BCUT2D eigenvalue weighted by molar-refractivity contribution is 0.0602. The first kappa shape index (κ1) is 12.4. The van der Waals surface area contributed by atoms with Crippen LogP contribution in [0.25, 0.3) is 22.0 Å². The largest absolute Gasteiger partial charge is 0.465 e. The third-order valence-electron chi connectivity index (χ3n) is 3.23. The quantitative estimate of drug-likeness (QED) is 0.662. The number of hydrogen-bond acceptors (Lipinski definition) is 3. The Balaban J connectivity index is 2.30. The second-order valence-corrected chi connectivity index (χ2v) is 4.45. The van der Waals surface area contributed by atoms with Gasteiger partial charge in [-0.1, -0.05) is 30.3 Å². The van der Waals surface area contributed by atoms with Gasteiger partial charge in [0.05, 0.1) is 18.4 Å². The smallest absolute Gasteiger partial charge is 0.338 e. The highest BCUT2D eigenvalue weighted by Gasteiger charge is 2.15. The van der Waals surface area contributed by atoms with Crippen LogP contribution in [-0.4, -0.2) is 18.1 Å². The fraction of sp³-hybridized carbons (Fsp3) is 0.0588. The summed E-state index contributed by atoms with van der Waals surface area (Å²) >= 11 is 0. The van der Waals surface area contributed by atoms with Crippen LogP contribution in [0, 0.1) is 0 Å². The zero-order valence-corrected chi connectivity index (χ0v) is 11.0. The second kappa shape index (κ2) is 5.13. The van der Waals surface area contributed by atoms with E-state index < -0.39 is 0 Å².